The van der Waals surface area contributed by atoms with Crippen molar-refractivity contribution in [1.82, 2.24) is 0 Å². The summed E-state index contributed by atoms with van der Waals surface area (Å²) in [6.45, 7) is 0.620. The van der Waals surface area contributed by atoms with Gasteiger partial charge in [0.15, 0.2) is 0 Å². The highest BCUT2D eigenvalue weighted by Gasteiger charge is 1.89. The molecule has 10 heavy (non-hydrogen) atoms. The van der Waals surface area contributed by atoms with Gasteiger partial charge in [-0.05, 0) is 17.7 Å². The molecule has 0 aliphatic rings. The van der Waals surface area contributed by atoms with E-state index in [4.69, 9.17) is 0 Å². The second-order valence-electron chi connectivity index (χ2n) is 1.92. The van der Waals surface area contributed by atoms with E-state index in [1.54, 1.807) is 0 Å². The van der Waals surface area contributed by atoms with E-state index in [0.717, 1.165) is 10.0 Å². The van der Waals surface area contributed by atoms with Gasteiger partial charge < -0.3 is 0 Å². The van der Waals surface area contributed by atoms with Gasteiger partial charge in [0.2, 0.25) is 0 Å². The normalized spacial score (nSPS) is 9.30. The third-order valence-corrected chi connectivity index (χ3v) is 1.76. The summed E-state index contributed by atoms with van der Waals surface area (Å²) >= 11 is 7.84. The van der Waals surface area contributed by atoms with Crippen LogP contribution in [0.4, 0.5) is 0 Å². The van der Waals surface area contributed by atoms with Crippen LogP contribution in [-0.4, -0.2) is 0 Å². The molecule has 1 aromatic rings. The molecule has 0 bridgehead atoms. The molecule has 1 rings (SSSR count). The third kappa shape index (κ3) is 2.15. The number of benzene rings is 1. The second-order valence-corrected chi connectivity index (χ2v) is 3.09. The van der Waals surface area contributed by atoms with E-state index < -0.39 is 0 Å². The molecule has 0 spiro atoms. The van der Waals surface area contributed by atoms with E-state index in [0.29, 0.717) is 6.54 Å². The molecule has 1 nitrogen and oxygen atoms in total. The molecule has 3 heteroatoms. The average molecular weight is 216 g/mol. The Morgan fingerprint density at radius 1 is 1.50 bits per heavy atom. The molecule has 0 saturated carbocycles. The summed E-state index contributed by atoms with van der Waals surface area (Å²) in [5, 5.41) is 0. The van der Waals surface area contributed by atoms with E-state index in [2.05, 4.69) is 32.7 Å². The Labute approximate surface area is 73.8 Å². The van der Waals surface area contributed by atoms with Crippen molar-refractivity contribution >= 4 is 28.4 Å². The molecule has 0 atom stereocenters. The molecular formula is C7H6BrNS. The van der Waals surface area contributed by atoms with E-state index in [9.17, 15) is 0 Å². The largest absolute Gasteiger partial charge is 0.215 e. The van der Waals surface area contributed by atoms with Gasteiger partial charge >= 0.3 is 0 Å². The highest BCUT2D eigenvalue weighted by atomic mass is 79.9. The molecule has 0 aromatic heterocycles. The minimum atomic E-state index is 0.620. The van der Waals surface area contributed by atoms with Crippen molar-refractivity contribution in [1.29, 1.82) is 0 Å². The van der Waals surface area contributed by atoms with E-state index in [-0.39, 0.29) is 0 Å². The first-order chi connectivity index (χ1) is 4.83. The summed E-state index contributed by atoms with van der Waals surface area (Å²) in [6.07, 6.45) is 0. The quantitative estimate of drug-likeness (QED) is 0.740. The van der Waals surface area contributed by atoms with Crippen molar-refractivity contribution in [3.63, 3.8) is 0 Å². The Balaban J connectivity index is 2.84. The summed E-state index contributed by atoms with van der Waals surface area (Å²) in [6, 6.07) is 7.96. The van der Waals surface area contributed by atoms with Gasteiger partial charge in [0.25, 0.3) is 0 Å². The average Bonchev–Trinajstić information content (AvgIpc) is 1.88. The molecule has 0 saturated heterocycles. The molecule has 0 amide bonds. The van der Waals surface area contributed by atoms with Crippen LogP contribution < -0.4 is 0 Å². The van der Waals surface area contributed by atoms with E-state index >= 15 is 0 Å². The number of nitrogens with zero attached hydrogens (tertiary/aromatic N) is 1. The molecule has 0 aliphatic heterocycles. The van der Waals surface area contributed by atoms with Crippen LogP contribution in [0.3, 0.4) is 0 Å². The first-order valence-corrected chi connectivity index (χ1v) is 4.02. The Morgan fingerprint density at radius 3 is 2.90 bits per heavy atom. The lowest BCUT2D eigenvalue weighted by Gasteiger charge is -1.93. The summed E-state index contributed by atoms with van der Waals surface area (Å²) in [5.74, 6) is 0. The standard InChI is InChI=1S/C7H6BrNS/c8-7-3-1-2-6(4-7)5-9-10/h1-4H,5H2. The summed E-state index contributed by atoms with van der Waals surface area (Å²) < 4.78 is 4.68. The van der Waals surface area contributed by atoms with Crippen LogP contribution in [0.1, 0.15) is 5.56 Å². The predicted octanol–water partition coefficient (Wildman–Crippen LogP) is 2.68. The zero-order valence-electron chi connectivity index (χ0n) is 5.25. The van der Waals surface area contributed by atoms with Crippen molar-refractivity contribution < 1.29 is 0 Å². The zero-order valence-corrected chi connectivity index (χ0v) is 7.65. The molecule has 0 heterocycles. The summed E-state index contributed by atoms with van der Waals surface area (Å²) in [7, 11) is 0. The number of hydrogen-bond donors (Lipinski definition) is 0. The minimum Gasteiger partial charge on any atom is -0.215 e. The number of halogens is 1. The van der Waals surface area contributed by atoms with Crippen LogP contribution in [0.2, 0.25) is 0 Å². The Morgan fingerprint density at radius 2 is 2.30 bits per heavy atom. The SMILES string of the molecule is S=NCc1cccc(Br)c1. The Hall–Kier alpha value is -0.280. The molecule has 1 aromatic carbocycles. The van der Waals surface area contributed by atoms with Crippen LogP contribution >= 0.6 is 15.9 Å². The van der Waals surface area contributed by atoms with Gasteiger partial charge in [-0.25, -0.2) is 4.36 Å². The van der Waals surface area contributed by atoms with Crippen LogP contribution in [0.25, 0.3) is 0 Å². The van der Waals surface area contributed by atoms with Gasteiger partial charge in [0.1, 0.15) is 0 Å². The Bertz CT molecular complexity index is 237. The topological polar surface area (TPSA) is 12.4 Å². The molecule has 0 fully saturated rings. The van der Waals surface area contributed by atoms with Gasteiger partial charge in [-0.1, -0.05) is 28.1 Å². The smallest absolute Gasteiger partial charge is 0.0771 e. The van der Waals surface area contributed by atoms with E-state index in [1.165, 1.54) is 0 Å². The van der Waals surface area contributed by atoms with Crippen LogP contribution in [-0.2, 0) is 19.0 Å². The highest BCUT2D eigenvalue weighted by molar-refractivity contribution is 9.10. The van der Waals surface area contributed by atoms with Crippen LogP contribution in [0.15, 0.2) is 33.1 Å². The second kappa shape index (κ2) is 3.78. The molecule has 52 valence electrons. The maximum Gasteiger partial charge on any atom is 0.0771 e. The van der Waals surface area contributed by atoms with Gasteiger partial charge in [0, 0.05) is 16.9 Å². The fourth-order valence-electron chi connectivity index (χ4n) is 0.710. The molecule has 0 radical (unpaired) electrons. The van der Waals surface area contributed by atoms with Gasteiger partial charge in [-0.15, -0.1) is 0 Å². The highest BCUT2D eigenvalue weighted by Crippen LogP contribution is 2.11. The number of hydrogen-bond acceptors (Lipinski definition) is 2. The summed E-state index contributed by atoms with van der Waals surface area (Å²) in [4.78, 5) is 0. The maximum atomic E-state index is 4.49. The maximum absolute atomic E-state index is 4.49. The van der Waals surface area contributed by atoms with Gasteiger partial charge in [0.05, 0.1) is 6.54 Å². The monoisotopic (exact) mass is 215 g/mol. The molecular weight excluding hydrogens is 210 g/mol. The lowest BCUT2D eigenvalue weighted by atomic mass is 10.2. The lowest BCUT2D eigenvalue weighted by molar-refractivity contribution is 1.10. The summed E-state index contributed by atoms with van der Waals surface area (Å²) in [5.41, 5.74) is 1.14. The molecule has 0 aliphatic carbocycles. The minimum absolute atomic E-state index is 0.620. The first kappa shape index (κ1) is 7.82. The molecule has 0 N–H and O–H groups in total. The fourth-order valence-corrected chi connectivity index (χ4v) is 1.31. The van der Waals surface area contributed by atoms with Crippen molar-refractivity contribution in [2.45, 2.75) is 6.54 Å². The third-order valence-electron chi connectivity index (χ3n) is 1.14. The van der Waals surface area contributed by atoms with Crippen LogP contribution in [0, 0.1) is 0 Å². The molecule has 0 unspecified atom stereocenters. The van der Waals surface area contributed by atoms with Crippen LogP contribution in [0.5, 0.6) is 0 Å². The van der Waals surface area contributed by atoms with Crippen molar-refractivity contribution in [2.24, 2.45) is 4.36 Å². The number of rotatable bonds is 2. The van der Waals surface area contributed by atoms with E-state index in [1.807, 2.05) is 24.3 Å². The van der Waals surface area contributed by atoms with Crippen molar-refractivity contribution in [2.75, 3.05) is 0 Å². The van der Waals surface area contributed by atoms with Crippen molar-refractivity contribution in [3.05, 3.63) is 34.3 Å². The fraction of sp³-hybridized carbons (Fsp3) is 0.143. The zero-order chi connectivity index (χ0) is 7.40. The Kier molecular flexibility index (Phi) is 2.96. The van der Waals surface area contributed by atoms with Gasteiger partial charge in [-0.2, -0.15) is 0 Å². The predicted molar refractivity (Wildman–Crippen MR) is 47.6 cm³/mol. The van der Waals surface area contributed by atoms with Crippen molar-refractivity contribution in [3.8, 4) is 0 Å². The van der Waals surface area contributed by atoms with Gasteiger partial charge in [-0.3, -0.25) is 0 Å². The lowest BCUT2D eigenvalue weighted by Crippen LogP contribution is -1.77. The first-order valence-electron chi connectivity index (χ1n) is 2.86.